The summed E-state index contributed by atoms with van der Waals surface area (Å²) in [4.78, 5) is 13.1. The van der Waals surface area contributed by atoms with E-state index in [1.807, 2.05) is 35.6 Å². The number of hydrogen-bond acceptors (Lipinski definition) is 7. The second-order valence-corrected chi connectivity index (χ2v) is 7.57. The van der Waals surface area contributed by atoms with Crippen molar-refractivity contribution >= 4 is 50.1 Å². The van der Waals surface area contributed by atoms with Gasteiger partial charge in [0.05, 0.1) is 21.2 Å². The first-order valence-corrected chi connectivity index (χ1v) is 8.95. The van der Waals surface area contributed by atoms with Crippen LogP contribution in [0.4, 0.5) is 5.88 Å². The number of amides is 1. The van der Waals surface area contributed by atoms with Gasteiger partial charge in [-0.2, -0.15) is 0 Å². The number of nitrogens with one attached hydrogen (secondary N) is 1. The summed E-state index contributed by atoms with van der Waals surface area (Å²) in [6, 6.07) is 9.72. The van der Waals surface area contributed by atoms with Gasteiger partial charge < -0.3 is 4.52 Å². The largest absolute Gasteiger partial charge is 0.338 e. The minimum Gasteiger partial charge on any atom is -0.338 e. The maximum atomic E-state index is 12.3. The lowest BCUT2D eigenvalue weighted by Gasteiger charge is -2.08. The van der Waals surface area contributed by atoms with Gasteiger partial charge in [0.1, 0.15) is 0 Å². The molecule has 7 nitrogen and oxygen atoms in total. The molecule has 24 heavy (non-hydrogen) atoms. The topological polar surface area (TPSA) is 85.3 Å². The molecule has 0 aliphatic heterocycles. The van der Waals surface area contributed by atoms with Crippen LogP contribution in [0.1, 0.15) is 12.6 Å². The zero-order chi connectivity index (χ0) is 16.7. The lowest BCUT2D eigenvalue weighted by molar-refractivity contribution is -0.115. The molecule has 4 aromatic rings. The van der Waals surface area contributed by atoms with Crippen molar-refractivity contribution < 1.29 is 9.32 Å². The highest BCUT2D eigenvalue weighted by molar-refractivity contribution is 8.00. The maximum absolute atomic E-state index is 12.3. The van der Waals surface area contributed by atoms with E-state index < -0.39 is 0 Å². The van der Waals surface area contributed by atoms with E-state index in [4.69, 9.17) is 4.52 Å². The number of carbonyl (C=O) groups excluding carboxylic acids is 1. The Labute approximate surface area is 145 Å². The molecule has 0 spiro atoms. The Balaban J connectivity index is 1.58. The van der Waals surface area contributed by atoms with Gasteiger partial charge >= 0.3 is 0 Å². The molecule has 0 bridgehead atoms. The molecule has 0 aliphatic rings. The number of fused-ring (bicyclic) bond motifs is 3. The number of hydrogen-bond donors (Lipinski definition) is 1. The molecule has 0 saturated carbocycles. The fraction of sp³-hybridized carbons (Fsp3) is 0.200. The van der Waals surface area contributed by atoms with Crippen LogP contribution in [-0.2, 0) is 4.79 Å². The fourth-order valence-corrected chi connectivity index (χ4v) is 4.17. The molecule has 1 aromatic carbocycles. The van der Waals surface area contributed by atoms with Gasteiger partial charge in [0, 0.05) is 6.07 Å². The van der Waals surface area contributed by atoms with Crippen LogP contribution in [0.3, 0.4) is 0 Å². The second-order valence-electron chi connectivity index (χ2n) is 5.25. The number of carbonyl (C=O) groups is 1. The fourth-order valence-electron chi connectivity index (χ4n) is 2.29. The van der Waals surface area contributed by atoms with Gasteiger partial charge in [-0.3, -0.25) is 14.5 Å². The Morgan fingerprint density at radius 2 is 2.21 bits per heavy atom. The number of thiazole rings is 1. The maximum Gasteiger partial charge on any atom is 0.240 e. The molecule has 1 atom stereocenters. The molecule has 1 unspecified atom stereocenters. The molecule has 3 aromatic heterocycles. The molecule has 0 saturated heterocycles. The molecule has 1 N–H and O–H groups in total. The number of benzene rings is 1. The van der Waals surface area contributed by atoms with Gasteiger partial charge in [-0.05, 0) is 26.0 Å². The Kier molecular flexibility index (Phi) is 3.73. The number of nitrogens with zero attached hydrogens (tertiary/aromatic N) is 4. The zero-order valence-corrected chi connectivity index (χ0v) is 14.5. The predicted molar refractivity (Wildman–Crippen MR) is 93.6 cm³/mol. The quantitative estimate of drug-likeness (QED) is 0.562. The summed E-state index contributed by atoms with van der Waals surface area (Å²) in [6.45, 7) is 3.62. The standard InChI is InChI=1S/C15H13N5O2S2/c1-8-7-12(22-19-8)16-13(21)9(2)23-14-17-18-15-20(14)10-5-3-4-6-11(10)24-15/h3-7,9H,1-2H3,(H,16,21). The summed E-state index contributed by atoms with van der Waals surface area (Å²) < 4.78 is 8.13. The van der Waals surface area contributed by atoms with Crippen LogP contribution >= 0.6 is 23.1 Å². The van der Waals surface area contributed by atoms with Crippen molar-refractivity contribution in [1.29, 1.82) is 0 Å². The van der Waals surface area contributed by atoms with E-state index in [1.165, 1.54) is 11.8 Å². The lowest BCUT2D eigenvalue weighted by Crippen LogP contribution is -2.22. The summed E-state index contributed by atoms with van der Waals surface area (Å²) in [5.74, 6) is 0.171. The molecular formula is C15H13N5O2S2. The highest BCUT2D eigenvalue weighted by Crippen LogP contribution is 2.31. The van der Waals surface area contributed by atoms with E-state index in [1.54, 1.807) is 24.3 Å². The number of aryl methyl sites for hydroxylation is 1. The molecule has 0 fully saturated rings. The Bertz CT molecular complexity index is 1030. The first kappa shape index (κ1) is 15.2. The van der Waals surface area contributed by atoms with Gasteiger partial charge in [-0.25, -0.2) is 0 Å². The zero-order valence-electron chi connectivity index (χ0n) is 12.9. The average molecular weight is 359 g/mol. The van der Waals surface area contributed by atoms with Crippen LogP contribution in [0.2, 0.25) is 0 Å². The first-order chi connectivity index (χ1) is 11.6. The van der Waals surface area contributed by atoms with E-state index in [2.05, 4.69) is 20.7 Å². The van der Waals surface area contributed by atoms with E-state index >= 15 is 0 Å². The average Bonchev–Trinajstić information content (AvgIpc) is 3.23. The van der Waals surface area contributed by atoms with Gasteiger partial charge in [0.2, 0.25) is 16.8 Å². The second kappa shape index (κ2) is 5.91. The van der Waals surface area contributed by atoms with Crippen molar-refractivity contribution in [3.05, 3.63) is 36.0 Å². The van der Waals surface area contributed by atoms with Gasteiger partial charge in [0.15, 0.2) is 5.16 Å². The lowest BCUT2D eigenvalue weighted by atomic mass is 10.3. The molecular weight excluding hydrogens is 346 g/mol. The van der Waals surface area contributed by atoms with Crippen molar-refractivity contribution in [3.8, 4) is 0 Å². The predicted octanol–water partition coefficient (Wildman–Crippen LogP) is 3.36. The summed E-state index contributed by atoms with van der Waals surface area (Å²) in [5, 5.41) is 15.2. The summed E-state index contributed by atoms with van der Waals surface area (Å²) in [6.07, 6.45) is 0. The number of aromatic nitrogens is 4. The third-order valence-electron chi connectivity index (χ3n) is 3.44. The summed E-state index contributed by atoms with van der Waals surface area (Å²) in [5.41, 5.74) is 1.76. The minimum atomic E-state index is -0.360. The van der Waals surface area contributed by atoms with E-state index in [0.717, 1.165) is 20.9 Å². The van der Waals surface area contributed by atoms with Gasteiger partial charge in [-0.15, -0.1) is 10.2 Å². The third-order valence-corrected chi connectivity index (χ3v) is 5.49. The molecule has 3 heterocycles. The molecule has 0 aliphatic carbocycles. The highest BCUT2D eigenvalue weighted by atomic mass is 32.2. The monoisotopic (exact) mass is 359 g/mol. The van der Waals surface area contributed by atoms with Crippen LogP contribution in [0, 0.1) is 6.92 Å². The van der Waals surface area contributed by atoms with Gasteiger partial charge in [-0.1, -0.05) is 40.4 Å². The van der Waals surface area contributed by atoms with E-state index in [0.29, 0.717) is 11.0 Å². The smallest absolute Gasteiger partial charge is 0.240 e. The normalized spacial score (nSPS) is 12.8. The van der Waals surface area contributed by atoms with Crippen LogP contribution in [-0.4, -0.2) is 30.9 Å². The minimum absolute atomic E-state index is 0.174. The number of para-hydroxylation sites is 1. The van der Waals surface area contributed by atoms with Gasteiger partial charge in [0.25, 0.3) is 0 Å². The molecule has 4 rings (SSSR count). The van der Waals surface area contributed by atoms with Crippen LogP contribution in [0.25, 0.3) is 15.2 Å². The molecule has 0 radical (unpaired) electrons. The molecule has 9 heteroatoms. The Hall–Kier alpha value is -2.39. The van der Waals surface area contributed by atoms with Crippen molar-refractivity contribution in [1.82, 2.24) is 19.8 Å². The van der Waals surface area contributed by atoms with Crippen molar-refractivity contribution in [2.45, 2.75) is 24.3 Å². The highest BCUT2D eigenvalue weighted by Gasteiger charge is 2.21. The molecule has 122 valence electrons. The van der Waals surface area contributed by atoms with Crippen molar-refractivity contribution in [2.24, 2.45) is 0 Å². The number of anilines is 1. The number of thioether (sulfide) groups is 1. The summed E-state index contributed by atoms with van der Waals surface area (Å²) in [7, 11) is 0. The Morgan fingerprint density at radius 1 is 1.38 bits per heavy atom. The third kappa shape index (κ3) is 2.65. The molecule has 1 amide bonds. The van der Waals surface area contributed by atoms with Crippen LogP contribution in [0.15, 0.2) is 40.0 Å². The van der Waals surface area contributed by atoms with Crippen molar-refractivity contribution in [2.75, 3.05) is 5.32 Å². The summed E-state index contributed by atoms with van der Waals surface area (Å²) >= 11 is 2.93. The first-order valence-electron chi connectivity index (χ1n) is 7.25. The number of rotatable bonds is 4. The van der Waals surface area contributed by atoms with Crippen molar-refractivity contribution in [3.63, 3.8) is 0 Å². The van der Waals surface area contributed by atoms with Crippen LogP contribution < -0.4 is 5.32 Å². The van der Waals surface area contributed by atoms with E-state index in [-0.39, 0.29) is 11.2 Å². The Morgan fingerprint density at radius 3 is 3.00 bits per heavy atom. The van der Waals surface area contributed by atoms with Crippen LogP contribution in [0.5, 0.6) is 0 Å². The van der Waals surface area contributed by atoms with E-state index in [9.17, 15) is 4.79 Å². The SMILES string of the molecule is Cc1cc(NC(=O)C(C)Sc2nnc3sc4ccccc4n23)on1.